The van der Waals surface area contributed by atoms with Gasteiger partial charge in [-0.15, -0.1) is 0 Å². The van der Waals surface area contributed by atoms with Gasteiger partial charge in [0.15, 0.2) is 0 Å². The van der Waals surface area contributed by atoms with Crippen molar-refractivity contribution in [1.29, 1.82) is 0 Å². The molecule has 8 heteroatoms. The average Bonchev–Trinajstić information content (AvgIpc) is 2.67. The number of nitrogens with one attached hydrogen (secondary N) is 1. The summed E-state index contributed by atoms with van der Waals surface area (Å²) < 4.78 is 45.6. The summed E-state index contributed by atoms with van der Waals surface area (Å²) in [7, 11) is 0. The number of esters is 1. The van der Waals surface area contributed by atoms with E-state index in [0.717, 1.165) is 50.1 Å². The van der Waals surface area contributed by atoms with Crippen LogP contribution in [-0.4, -0.2) is 67.2 Å². The van der Waals surface area contributed by atoms with Crippen LogP contribution in [0, 0.1) is 0 Å². The Bertz CT molecular complexity index is 747. The molecule has 2 aliphatic rings. The number of carbonyl (C=O) groups excluding carboxylic acids is 1. The van der Waals surface area contributed by atoms with Crippen LogP contribution in [0.5, 0.6) is 0 Å². The maximum atomic E-state index is 13.4. The third-order valence-electron chi connectivity index (χ3n) is 5.88. The van der Waals surface area contributed by atoms with E-state index in [4.69, 9.17) is 4.74 Å². The van der Waals surface area contributed by atoms with Crippen molar-refractivity contribution < 1.29 is 22.7 Å². The van der Waals surface area contributed by atoms with E-state index >= 15 is 0 Å². The smallest absolute Gasteiger partial charge is 0.416 e. The second kappa shape index (κ2) is 9.88. The molecule has 0 saturated carbocycles. The number of ether oxygens (including phenoxy) is 1. The third-order valence-corrected chi connectivity index (χ3v) is 5.88. The van der Waals surface area contributed by atoms with Crippen LogP contribution >= 0.6 is 0 Å². The molecule has 2 fully saturated rings. The van der Waals surface area contributed by atoms with Gasteiger partial charge < -0.3 is 10.1 Å². The molecule has 0 bridgehead atoms. The third kappa shape index (κ3) is 7.19. The second-order valence-corrected chi connectivity index (χ2v) is 9.57. The zero-order valence-electron chi connectivity index (χ0n) is 18.7. The summed E-state index contributed by atoms with van der Waals surface area (Å²) in [4.78, 5) is 16.4. The van der Waals surface area contributed by atoms with Crippen LogP contribution < -0.4 is 5.32 Å². The number of likely N-dealkylation sites (tertiary alicyclic amines) is 1. The molecule has 0 unspecified atom stereocenters. The van der Waals surface area contributed by atoms with E-state index in [1.165, 1.54) is 12.1 Å². The fraction of sp³-hybridized carbons (Fsp3) is 0.696. The lowest BCUT2D eigenvalue weighted by atomic mass is 9.85. The van der Waals surface area contributed by atoms with Gasteiger partial charge in [-0.2, -0.15) is 13.2 Å². The van der Waals surface area contributed by atoms with Gasteiger partial charge in [0.05, 0.1) is 12.1 Å². The lowest BCUT2D eigenvalue weighted by Gasteiger charge is -2.34. The first-order valence-electron chi connectivity index (χ1n) is 11.1. The molecule has 31 heavy (non-hydrogen) atoms. The number of halogens is 3. The Balaban J connectivity index is 1.69. The fourth-order valence-electron chi connectivity index (χ4n) is 4.36. The van der Waals surface area contributed by atoms with E-state index in [9.17, 15) is 18.0 Å². The van der Waals surface area contributed by atoms with Crippen molar-refractivity contribution in [2.75, 3.05) is 45.8 Å². The number of piperazine rings is 1. The number of alkyl halides is 3. The van der Waals surface area contributed by atoms with Crippen LogP contribution in [0.15, 0.2) is 18.2 Å². The van der Waals surface area contributed by atoms with Gasteiger partial charge in [0, 0.05) is 32.7 Å². The van der Waals surface area contributed by atoms with Gasteiger partial charge in [0.1, 0.15) is 5.60 Å². The Morgan fingerprint density at radius 1 is 1.06 bits per heavy atom. The quantitative estimate of drug-likeness (QED) is 0.707. The van der Waals surface area contributed by atoms with Gasteiger partial charge in [-0.1, -0.05) is 6.07 Å². The first-order valence-corrected chi connectivity index (χ1v) is 11.1. The zero-order valence-corrected chi connectivity index (χ0v) is 18.7. The summed E-state index contributed by atoms with van der Waals surface area (Å²) in [5, 5.41) is 3.31. The molecular formula is C23H34F3N3O2. The molecule has 174 valence electrons. The molecule has 0 aliphatic carbocycles. The van der Waals surface area contributed by atoms with Crippen LogP contribution in [0.3, 0.4) is 0 Å². The SMILES string of the molecule is CC(C)(C)OC(=O)CN1CCC(c2cc(C(F)(F)F)ccc2CN2CCNCC2)CC1. The van der Waals surface area contributed by atoms with E-state index in [2.05, 4.69) is 10.2 Å². The van der Waals surface area contributed by atoms with E-state index in [1.54, 1.807) is 6.07 Å². The molecule has 0 spiro atoms. The van der Waals surface area contributed by atoms with Gasteiger partial charge in [0.2, 0.25) is 0 Å². The van der Waals surface area contributed by atoms with Crippen molar-refractivity contribution in [3.05, 3.63) is 34.9 Å². The standard InChI is InChI=1S/C23H34F3N3O2/c1-22(2,3)31-21(30)16-28-10-6-17(7-11-28)20-14-19(23(24,25)26)5-4-18(20)15-29-12-8-27-9-13-29/h4-5,14,17,27H,6-13,15-16H2,1-3H3. The normalized spacial score (nSPS) is 20.1. The van der Waals surface area contributed by atoms with Crippen LogP contribution in [0.25, 0.3) is 0 Å². The molecule has 0 amide bonds. The zero-order chi connectivity index (χ0) is 22.6. The molecule has 5 nitrogen and oxygen atoms in total. The molecule has 3 rings (SSSR count). The van der Waals surface area contributed by atoms with Crippen LogP contribution in [0.1, 0.15) is 56.2 Å². The van der Waals surface area contributed by atoms with Crippen molar-refractivity contribution in [3.8, 4) is 0 Å². The molecule has 0 aromatic heterocycles. The Morgan fingerprint density at radius 3 is 2.29 bits per heavy atom. The largest absolute Gasteiger partial charge is 0.459 e. The monoisotopic (exact) mass is 441 g/mol. The Hall–Kier alpha value is -1.64. The topological polar surface area (TPSA) is 44.8 Å². The van der Waals surface area contributed by atoms with Crippen LogP contribution in [0.2, 0.25) is 0 Å². The van der Waals surface area contributed by atoms with Crippen LogP contribution in [0.4, 0.5) is 13.2 Å². The maximum Gasteiger partial charge on any atom is 0.416 e. The molecule has 2 saturated heterocycles. The average molecular weight is 442 g/mol. The minimum absolute atomic E-state index is 0.0649. The second-order valence-electron chi connectivity index (χ2n) is 9.57. The minimum Gasteiger partial charge on any atom is -0.459 e. The lowest BCUT2D eigenvalue weighted by Crippen LogP contribution is -2.43. The summed E-state index contributed by atoms with van der Waals surface area (Å²) in [5.41, 5.74) is 0.695. The molecule has 2 aliphatic heterocycles. The fourth-order valence-corrected chi connectivity index (χ4v) is 4.36. The molecule has 2 heterocycles. The lowest BCUT2D eigenvalue weighted by molar-refractivity contribution is -0.156. The first kappa shape index (κ1) is 24.0. The van der Waals surface area contributed by atoms with Crippen molar-refractivity contribution in [2.24, 2.45) is 0 Å². The molecule has 1 N–H and O–H groups in total. The molecule has 1 aromatic rings. The molecule has 0 atom stereocenters. The number of nitrogens with zero attached hydrogens (tertiary/aromatic N) is 2. The number of carbonyl (C=O) groups is 1. The van der Waals surface area contributed by atoms with Gasteiger partial charge in [-0.05, 0) is 75.9 Å². The van der Waals surface area contributed by atoms with E-state index in [-0.39, 0.29) is 18.4 Å². The molecule has 1 aromatic carbocycles. The minimum atomic E-state index is -4.35. The van der Waals surface area contributed by atoms with Crippen molar-refractivity contribution in [2.45, 2.75) is 57.9 Å². The van der Waals surface area contributed by atoms with Gasteiger partial charge in [-0.3, -0.25) is 14.6 Å². The Kier molecular flexibility index (Phi) is 7.65. The van der Waals surface area contributed by atoms with Crippen molar-refractivity contribution >= 4 is 5.97 Å². The highest BCUT2D eigenvalue weighted by Gasteiger charge is 2.33. The maximum absolute atomic E-state index is 13.4. The number of hydrogen-bond acceptors (Lipinski definition) is 5. The predicted molar refractivity (Wildman–Crippen MR) is 114 cm³/mol. The van der Waals surface area contributed by atoms with E-state index in [0.29, 0.717) is 19.6 Å². The van der Waals surface area contributed by atoms with Gasteiger partial charge >= 0.3 is 12.1 Å². The highest BCUT2D eigenvalue weighted by atomic mass is 19.4. The van der Waals surface area contributed by atoms with Gasteiger partial charge in [0.25, 0.3) is 0 Å². The summed E-state index contributed by atoms with van der Waals surface area (Å²) in [6, 6.07) is 4.22. The van der Waals surface area contributed by atoms with Crippen molar-refractivity contribution in [3.63, 3.8) is 0 Å². The number of rotatable bonds is 5. The Labute approximate surface area is 182 Å². The molecular weight excluding hydrogens is 407 g/mol. The van der Waals surface area contributed by atoms with Crippen LogP contribution in [-0.2, 0) is 22.3 Å². The highest BCUT2D eigenvalue weighted by molar-refractivity contribution is 5.72. The first-order chi connectivity index (χ1) is 14.5. The summed E-state index contributed by atoms with van der Waals surface area (Å²) >= 11 is 0. The summed E-state index contributed by atoms with van der Waals surface area (Å²) in [6.45, 7) is 11.4. The molecule has 0 radical (unpaired) electrons. The highest BCUT2D eigenvalue weighted by Crippen LogP contribution is 2.36. The summed E-state index contributed by atoms with van der Waals surface area (Å²) in [5.74, 6) is -0.195. The number of piperidine rings is 1. The predicted octanol–water partition coefficient (Wildman–Crippen LogP) is 3.63. The summed E-state index contributed by atoms with van der Waals surface area (Å²) in [6.07, 6.45) is -2.88. The number of benzene rings is 1. The Morgan fingerprint density at radius 2 is 1.71 bits per heavy atom. The number of hydrogen-bond donors (Lipinski definition) is 1. The van der Waals surface area contributed by atoms with E-state index < -0.39 is 17.3 Å². The van der Waals surface area contributed by atoms with Crippen molar-refractivity contribution in [1.82, 2.24) is 15.1 Å². The van der Waals surface area contributed by atoms with Gasteiger partial charge in [-0.25, -0.2) is 0 Å². The van der Waals surface area contributed by atoms with E-state index in [1.807, 2.05) is 25.7 Å².